The standard InChI is InChI=1S/C14H15NO2/c1-10-13(7-8-15(2)14(10)16)11-5-4-6-12(9-11)17-3/h4-9H,1-3H3. The molecule has 17 heavy (non-hydrogen) atoms. The van der Waals surface area contributed by atoms with Gasteiger partial charge in [0.25, 0.3) is 5.56 Å². The third kappa shape index (κ3) is 2.09. The number of methoxy groups -OCH3 is 1. The van der Waals surface area contributed by atoms with Crippen molar-refractivity contribution in [1.29, 1.82) is 0 Å². The number of aromatic nitrogens is 1. The van der Waals surface area contributed by atoms with Crippen molar-refractivity contribution in [2.45, 2.75) is 6.92 Å². The summed E-state index contributed by atoms with van der Waals surface area (Å²) in [5.74, 6) is 0.794. The van der Waals surface area contributed by atoms with E-state index in [4.69, 9.17) is 4.74 Å². The first kappa shape index (κ1) is 11.5. The number of nitrogens with zero attached hydrogens (tertiary/aromatic N) is 1. The van der Waals surface area contributed by atoms with Gasteiger partial charge in [-0.1, -0.05) is 12.1 Å². The molecular formula is C14H15NO2. The van der Waals surface area contributed by atoms with E-state index in [1.54, 1.807) is 24.9 Å². The van der Waals surface area contributed by atoms with Crippen molar-refractivity contribution in [2.75, 3.05) is 7.11 Å². The topological polar surface area (TPSA) is 31.2 Å². The Morgan fingerprint density at radius 3 is 2.71 bits per heavy atom. The zero-order valence-electron chi connectivity index (χ0n) is 10.2. The molecule has 1 aromatic carbocycles. The number of rotatable bonds is 2. The molecule has 0 amide bonds. The summed E-state index contributed by atoms with van der Waals surface area (Å²) in [7, 11) is 3.39. The quantitative estimate of drug-likeness (QED) is 0.791. The molecular weight excluding hydrogens is 214 g/mol. The molecule has 0 atom stereocenters. The predicted octanol–water partition coefficient (Wildman–Crippen LogP) is 2.37. The zero-order chi connectivity index (χ0) is 12.4. The number of benzene rings is 1. The van der Waals surface area contributed by atoms with E-state index in [9.17, 15) is 4.79 Å². The van der Waals surface area contributed by atoms with E-state index in [1.165, 1.54) is 0 Å². The number of aryl methyl sites for hydroxylation is 1. The molecule has 2 rings (SSSR count). The van der Waals surface area contributed by atoms with Gasteiger partial charge in [-0.2, -0.15) is 0 Å². The molecule has 0 aliphatic carbocycles. The van der Waals surface area contributed by atoms with E-state index in [0.717, 1.165) is 22.4 Å². The van der Waals surface area contributed by atoms with Crippen molar-refractivity contribution in [2.24, 2.45) is 7.05 Å². The van der Waals surface area contributed by atoms with Crippen LogP contribution in [0, 0.1) is 6.92 Å². The van der Waals surface area contributed by atoms with Crippen molar-refractivity contribution in [3.8, 4) is 16.9 Å². The summed E-state index contributed by atoms with van der Waals surface area (Å²) in [6.45, 7) is 1.84. The Labute approximate surface area is 100 Å². The van der Waals surface area contributed by atoms with E-state index >= 15 is 0 Å². The SMILES string of the molecule is COc1cccc(-c2ccn(C)c(=O)c2C)c1. The van der Waals surface area contributed by atoms with Gasteiger partial charge in [0.1, 0.15) is 5.75 Å². The van der Waals surface area contributed by atoms with Crippen LogP contribution in [0.15, 0.2) is 41.3 Å². The van der Waals surface area contributed by atoms with Gasteiger partial charge in [-0.05, 0) is 36.2 Å². The highest BCUT2D eigenvalue weighted by atomic mass is 16.5. The van der Waals surface area contributed by atoms with Gasteiger partial charge in [-0.15, -0.1) is 0 Å². The van der Waals surface area contributed by atoms with E-state index in [1.807, 2.05) is 37.3 Å². The maximum atomic E-state index is 11.8. The fourth-order valence-electron chi connectivity index (χ4n) is 1.86. The third-order valence-electron chi connectivity index (χ3n) is 2.89. The second-order valence-electron chi connectivity index (χ2n) is 4.00. The number of ether oxygens (including phenoxy) is 1. The van der Waals surface area contributed by atoms with Crippen molar-refractivity contribution >= 4 is 0 Å². The first-order valence-electron chi connectivity index (χ1n) is 5.44. The smallest absolute Gasteiger partial charge is 0.253 e. The van der Waals surface area contributed by atoms with Gasteiger partial charge in [-0.3, -0.25) is 4.79 Å². The van der Waals surface area contributed by atoms with Crippen LogP contribution in [0.5, 0.6) is 5.75 Å². The van der Waals surface area contributed by atoms with Crippen LogP contribution < -0.4 is 10.3 Å². The molecule has 0 radical (unpaired) electrons. The first-order chi connectivity index (χ1) is 8.13. The number of pyridine rings is 1. The molecule has 3 heteroatoms. The lowest BCUT2D eigenvalue weighted by atomic mass is 10.0. The minimum absolute atomic E-state index is 0.0327. The van der Waals surface area contributed by atoms with E-state index in [0.29, 0.717) is 0 Å². The first-order valence-corrected chi connectivity index (χ1v) is 5.44. The van der Waals surface area contributed by atoms with Gasteiger partial charge in [-0.25, -0.2) is 0 Å². The van der Waals surface area contributed by atoms with Crippen LogP contribution in [-0.2, 0) is 7.05 Å². The lowest BCUT2D eigenvalue weighted by Crippen LogP contribution is -2.18. The molecule has 0 aliphatic rings. The molecule has 2 aromatic rings. The van der Waals surface area contributed by atoms with Gasteiger partial charge >= 0.3 is 0 Å². The molecule has 0 spiro atoms. The average Bonchev–Trinajstić information content (AvgIpc) is 2.36. The summed E-state index contributed by atoms with van der Waals surface area (Å²) in [6, 6.07) is 9.67. The second-order valence-corrected chi connectivity index (χ2v) is 4.00. The number of hydrogen-bond donors (Lipinski definition) is 0. The molecule has 0 saturated heterocycles. The second kappa shape index (κ2) is 4.45. The fourth-order valence-corrected chi connectivity index (χ4v) is 1.86. The van der Waals surface area contributed by atoms with Gasteiger partial charge < -0.3 is 9.30 Å². The fraction of sp³-hybridized carbons (Fsp3) is 0.214. The Hall–Kier alpha value is -2.03. The molecule has 0 saturated carbocycles. The summed E-state index contributed by atoms with van der Waals surface area (Å²) < 4.78 is 6.77. The average molecular weight is 229 g/mol. The van der Waals surface area contributed by atoms with Crippen LogP contribution >= 0.6 is 0 Å². The molecule has 0 aliphatic heterocycles. The lowest BCUT2D eigenvalue weighted by molar-refractivity contribution is 0.415. The summed E-state index contributed by atoms with van der Waals surface area (Å²) in [6.07, 6.45) is 1.78. The Balaban J connectivity index is 2.61. The summed E-state index contributed by atoms with van der Waals surface area (Å²) in [5, 5.41) is 0. The Bertz CT molecular complexity index is 599. The molecule has 0 unspecified atom stereocenters. The summed E-state index contributed by atoms with van der Waals surface area (Å²) in [5.41, 5.74) is 2.74. The molecule has 0 bridgehead atoms. The Morgan fingerprint density at radius 1 is 1.24 bits per heavy atom. The van der Waals surface area contributed by atoms with Crippen molar-refractivity contribution in [1.82, 2.24) is 4.57 Å². The lowest BCUT2D eigenvalue weighted by Gasteiger charge is -2.08. The summed E-state index contributed by atoms with van der Waals surface area (Å²) in [4.78, 5) is 11.8. The van der Waals surface area contributed by atoms with Gasteiger partial charge in [0.15, 0.2) is 0 Å². The van der Waals surface area contributed by atoms with Crippen LogP contribution in [0.4, 0.5) is 0 Å². The predicted molar refractivity (Wildman–Crippen MR) is 68.4 cm³/mol. The van der Waals surface area contributed by atoms with Crippen LogP contribution in [0.2, 0.25) is 0 Å². The summed E-state index contributed by atoms with van der Waals surface area (Å²) >= 11 is 0. The van der Waals surface area contributed by atoms with Gasteiger partial charge in [0, 0.05) is 18.8 Å². The van der Waals surface area contributed by atoms with Gasteiger partial charge in [0.05, 0.1) is 7.11 Å². The highest BCUT2D eigenvalue weighted by Gasteiger charge is 2.06. The molecule has 1 heterocycles. The highest BCUT2D eigenvalue weighted by molar-refractivity contribution is 5.67. The van der Waals surface area contributed by atoms with E-state index in [2.05, 4.69) is 0 Å². The van der Waals surface area contributed by atoms with Crippen LogP contribution in [0.1, 0.15) is 5.56 Å². The largest absolute Gasteiger partial charge is 0.497 e. The minimum Gasteiger partial charge on any atom is -0.497 e. The van der Waals surface area contributed by atoms with Crippen molar-refractivity contribution in [3.63, 3.8) is 0 Å². The Morgan fingerprint density at radius 2 is 2.00 bits per heavy atom. The highest BCUT2D eigenvalue weighted by Crippen LogP contribution is 2.24. The van der Waals surface area contributed by atoms with Crippen molar-refractivity contribution in [3.05, 3.63) is 52.4 Å². The van der Waals surface area contributed by atoms with E-state index < -0.39 is 0 Å². The number of hydrogen-bond acceptors (Lipinski definition) is 2. The van der Waals surface area contributed by atoms with Crippen molar-refractivity contribution < 1.29 is 4.74 Å². The maximum absolute atomic E-state index is 11.8. The molecule has 88 valence electrons. The van der Waals surface area contributed by atoms with E-state index in [-0.39, 0.29) is 5.56 Å². The van der Waals surface area contributed by atoms with Crippen LogP contribution in [0.25, 0.3) is 11.1 Å². The normalized spacial score (nSPS) is 10.3. The maximum Gasteiger partial charge on any atom is 0.253 e. The Kier molecular flexibility index (Phi) is 3.00. The zero-order valence-corrected chi connectivity index (χ0v) is 10.2. The van der Waals surface area contributed by atoms with Crippen LogP contribution in [0.3, 0.4) is 0 Å². The third-order valence-corrected chi connectivity index (χ3v) is 2.89. The van der Waals surface area contributed by atoms with Crippen LogP contribution in [-0.4, -0.2) is 11.7 Å². The molecule has 0 fully saturated rings. The molecule has 3 nitrogen and oxygen atoms in total. The monoisotopic (exact) mass is 229 g/mol. The van der Waals surface area contributed by atoms with Gasteiger partial charge in [0.2, 0.25) is 0 Å². The molecule has 1 aromatic heterocycles. The minimum atomic E-state index is 0.0327. The molecule has 0 N–H and O–H groups in total.